The highest BCUT2D eigenvalue weighted by molar-refractivity contribution is 7.17. The summed E-state index contributed by atoms with van der Waals surface area (Å²) in [4.78, 5) is 38.3. The molecule has 154 valence electrons. The fraction of sp³-hybridized carbons (Fsp3) is 0.350. The number of fused-ring (bicyclic) bond motifs is 1. The minimum absolute atomic E-state index is 0.203. The second-order valence-corrected chi connectivity index (χ2v) is 7.38. The van der Waals surface area contributed by atoms with Gasteiger partial charge < -0.3 is 24.3 Å². The van der Waals surface area contributed by atoms with Crippen molar-refractivity contribution in [2.75, 3.05) is 33.8 Å². The van der Waals surface area contributed by atoms with E-state index in [-0.39, 0.29) is 5.56 Å². The van der Waals surface area contributed by atoms with Crippen molar-refractivity contribution in [1.82, 2.24) is 0 Å². The molecule has 0 spiro atoms. The van der Waals surface area contributed by atoms with Gasteiger partial charge in [0.2, 0.25) is 0 Å². The van der Waals surface area contributed by atoms with Crippen molar-refractivity contribution < 1.29 is 33.3 Å². The molecule has 1 heterocycles. The largest absolute Gasteiger partial charge is 0.493 e. The number of esters is 2. The van der Waals surface area contributed by atoms with Gasteiger partial charge in [-0.2, -0.15) is 0 Å². The number of aryl methyl sites for hydroxylation is 1. The maximum absolute atomic E-state index is 12.8. The molecule has 0 fully saturated rings. The third-order valence-corrected chi connectivity index (χ3v) is 5.96. The number of amides is 1. The number of methoxy groups -OCH3 is 4. The lowest BCUT2D eigenvalue weighted by atomic mass is 9.99. The van der Waals surface area contributed by atoms with E-state index < -0.39 is 23.8 Å². The number of carbonyl (C=O) groups excluding carboxylic acids is 3. The van der Waals surface area contributed by atoms with E-state index in [2.05, 4.69) is 5.32 Å². The molecule has 29 heavy (non-hydrogen) atoms. The quantitative estimate of drug-likeness (QED) is 0.719. The Labute approximate surface area is 171 Å². The average molecular weight is 419 g/mol. The minimum Gasteiger partial charge on any atom is -0.493 e. The van der Waals surface area contributed by atoms with Crippen LogP contribution in [0.4, 0.5) is 5.00 Å². The van der Waals surface area contributed by atoms with E-state index in [0.717, 1.165) is 4.88 Å². The molecule has 0 aliphatic heterocycles. The second kappa shape index (κ2) is 8.52. The van der Waals surface area contributed by atoms with Crippen LogP contribution in [0, 0.1) is 0 Å². The molecule has 0 saturated heterocycles. The van der Waals surface area contributed by atoms with Crippen molar-refractivity contribution in [1.29, 1.82) is 0 Å². The molecule has 1 aliphatic carbocycles. The van der Waals surface area contributed by atoms with Crippen LogP contribution in [0.5, 0.6) is 11.5 Å². The highest BCUT2D eigenvalue weighted by atomic mass is 32.1. The third kappa shape index (κ3) is 3.77. The Morgan fingerprint density at radius 1 is 1.03 bits per heavy atom. The molecular formula is C20H21NO7S. The highest BCUT2D eigenvalue weighted by Crippen LogP contribution is 2.46. The smallest absolute Gasteiger partial charge is 0.341 e. The SMILES string of the molecule is COC(=O)c1c(NC(=O)c2ccc(OC)c(OC)c2)sc2c1C(C(=O)OC)CC2. The van der Waals surface area contributed by atoms with Crippen LogP contribution in [0.2, 0.25) is 0 Å². The number of rotatable bonds is 6. The predicted molar refractivity (Wildman–Crippen MR) is 106 cm³/mol. The number of hydrogen-bond donors (Lipinski definition) is 1. The lowest BCUT2D eigenvalue weighted by Gasteiger charge is -2.12. The van der Waals surface area contributed by atoms with Crippen molar-refractivity contribution in [3.8, 4) is 11.5 Å². The molecule has 2 aromatic rings. The second-order valence-electron chi connectivity index (χ2n) is 6.27. The molecule has 1 aromatic carbocycles. The predicted octanol–water partition coefficient (Wildman–Crippen LogP) is 3.01. The summed E-state index contributed by atoms with van der Waals surface area (Å²) in [6.07, 6.45) is 1.18. The number of nitrogens with one attached hydrogen (secondary N) is 1. The fourth-order valence-corrected chi connectivity index (χ4v) is 4.65. The van der Waals surface area contributed by atoms with Crippen LogP contribution in [-0.4, -0.2) is 46.3 Å². The molecular weight excluding hydrogens is 398 g/mol. The van der Waals surface area contributed by atoms with Crippen molar-refractivity contribution in [3.05, 3.63) is 39.8 Å². The van der Waals surface area contributed by atoms with Gasteiger partial charge in [-0.25, -0.2) is 4.79 Å². The van der Waals surface area contributed by atoms with Crippen LogP contribution in [0.1, 0.15) is 43.5 Å². The first-order valence-corrected chi connectivity index (χ1v) is 9.61. The molecule has 3 rings (SSSR count). The van der Waals surface area contributed by atoms with E-state index in [4.69, 9.17) is 18.9 Å². The normalized spacial score (nSPS) is 14.7. The Hall–Kier alpha value is -3.07. The topological polar surface area (TPSA) is 100 Å². The monoisotopic (exact) mass is 419 g/mol. The number of anilines is 1. The van der Waals surface area contributed by atoms with Crippen molar-refractivity contribution in [2.45, 2.75) is 18.8 Å². The number of hydrogen-bond acceptors (Lipinski definition) is 8. The summed E-state index contributed by atoms with van der Waals surface area (Å²) in [5.74, 6) is -1.09. The lowest BCUT2D eigenvalue weighted by Crippen LogP contribution is -2.17. The Balaban J connectivity index is 1.97. The number of thiophene rings is 1. The fourth-order valence-electron chi connectivity index (χ4n) is 3.39. The molecule has 1 unspecified atom stereocenters. The Kier molecular flexibility index (Phi) is 6.07. The number of benzene rings is 1. The minimum atomic E-state index is -0.610. The van der Waals surface area contributed by atoms with Crippen LogP contribution >= 0.6 is 11.3 Å². The highest BCUT2D eigenvalue weighted by Gasteiger charge is 2.38. The van der Waals surface area contributed by atoms with Gasteiger partial charge in [0.25, 0.3) is 5.91 Å². The molecule has 8 nitrogen and oxygen atoms in total. The van der Waals surface area contributed by atoms with Gasteiger partial charge in [0.15, 0.2) is 11.5 Å². The van der Waals surface area contributed by atoms with Gasteiger partial charge in [-0.05, 0) is 36.6 Å². The van der Waals surface area contributed by atoms with E-state index in [1.807, 2.05) is 0 Å². The molecule has 1 N–H and O–H groups in total. The summed E-state index contributed by atoms with van der Waals surface area (Å²) in [6, 6.07) is 4.76. The van der Waals surface area contributed by atoms with Gasteiger partial charge in [-0.15, -0.1) is 11.3 Å². The van der Waals surface area contributed by atoms with E-state index >= 15 is 0 Å². The van der Waals surface area contributed by atoms with Crippen LogP contribution < -0.4 is 14.8 Å². The zero-order valence-corrected chi connectivity index (χ0v) is 17.3. The van der Waals surface area contributed by atoms with Crippen LogP contribution in [0.15, 0.2) is 18.2 Å². The molecule has 1 amide bonds. The van der Waals surface area contributed by atoms with E-state index in [0.29, 0.717) is 40.5 Å². The van der Waals surface area contributed by atoms with Crippen molar-refractivity contribution >= 4 is 34.2 Å². The summed E-state index contributed by atoms with van der Waals surface area (Å²) in [5, 5.41) is 3.11. The lowest BCUT2D eigenvalue weighted by molar-refractivity contribution is -0.142. The molecule has 0 bridgehead atoms. The zero-order chi connectivity index (χ0) is 21.1. The molecule has 0 radical (unpaired) electrons. The maximum Gasteiger partial charge on any atom is 0.341 e. The van der Waals surface area contributed by atoms with Crippen molar-refractivity contribution in [2.24, 2.45) is 0 Å². The molecule has 1 aliphatic rings. The molecule has 9 heteroatoms. The van der Waals surface area contributed by atoms with Gasteiger partial charge in [0.1, 0.15) is 5.00 Å². The van der Waals surface area contributed by atoms with Crippen LogP contribution in [0.25, 0.3) is 0 Å². The Morgan fingerprint density at radius 2 is 1.76 bits per heavy atom. The maximum atomic E-state index is 12.8. The van der Waals surface area contributed by atoms with Crippen molar-refractivity contribution in [3.63, 3.8) is 0 Å². The van der Waals surface area contributed by atoms with Gasteiger partial charge in [-0.3, -0.25) is 9.59 Å². The summed E-state index contributed by atoms with van der Waals surface area (Å²) in [5.41, 5.74) is 1.11. The van der Waals surface area contributed by atoms with Gasteiger partial charge in [0.05, 0.1) is 39.9 Å². The number of carbonyl (C=O) groups is 3. The van der Waals surface area contributed by atoms with E-state index in [9.17, 15) is 14.4 Å². The summed E-state index contributed by atoms with van der Waals surface area (Å²) >= 11 is 1.27. The van der Waals surface area contributed by atoms with Gasteiger partial charge >= 0.3 is 11.9 Å². The zero-order valence-electron chi connectivity index (χ0n) is 16.5. The van der Waals surface area contributed by atoms with Gasteiger partial charge in [0, 0.05) is 10.4 Å². The molecule has 1 aromatic heterocycles. The summed E-state index contributed by atoms with van der Waals surface area (Å²) < 4.78 is 20.2. The molecule has 0 saturated carbocycles. The first-order chi connectivity index (χ1) is 13.9. The average Bonchev–Trinajstić information content (AvgIpc) is 3.30. The van der Waals surface area contributed by atoms with Crippen LogP contribution in [-0.2, 0) is 20.7 Å². The van der Waals surface area contributed by atoms with E-state index in [1.54, 1.807) is 18.2 Å². The Morgan fingerprint density at radius 3 is 2.38 bits per heavy atom. The first-order valence-electron chi connectivity index (χ1n) is 8.80. The Bertz CT molecular complexity index is 966. The third-order valence-electron chi connectivity index (χ3n) is 4.78. The first kappa shape index (κ1) is 20.7. The van der Waals surface area contributed by atoms with Crippen LogP contribution in [0.3, 0.4) is 0 Å². The van der Waals surface area contributed by atoms with E-state index in [1.165, 1.54) is 39.8 Å². The molecule has 1 atom stereocenters. The van der Waals surface area contributed by atoms with Gasteiger partial charge in [-0.1, -0.05) is 0 Å². The summed E-state index contributed by atoms with van der Waals surface area (Å²) in [7, 11) is 5.55. The number of ether oxygens (including phenoxy) is 4. The standard InChI is InChI=1S/C20H21NO7S/c1-25-12-7-5-10(9-13(12)26-2)17(22)21-18-16(20(24)28-4)15-11(19(23)27-3)6-8-14(15)29-18/h5,7,9,11H,6,8H2,1-4H3,(H,21,22). The summed E-state index contributed by atoms with van der Waals surface area (Å²) in [6.45, 7) is 0.